The Morgan fingerprint density at radius 3 is 2.21 bits per heavy atom. The number of nitrogens with zero attached hydrogens (tertiary/aromatic N) is 1. The second kappa shape index (κ2) is 10.9. The summed E-state index contributed by atoms with van der Waals surface area (Å²) < 4.78 is 51.3. The van der Waals surface area contributed by atoms with Crippen LogP contribution < -0.4 is 14.8 Å². The molecule has 0 aromatic heterocycles. The molecule has 0 unspecified atom stereocenters. The molecule has 0 bridgehead atoms. The van der Waals surface area contributed by atoms with E-state index in [0.29, 0.717) is 11.5 Å². The first-order chi connectivity index (χ1) is 15.8. The number of benzene rings is 3. The van der Waals surface area contributed by atoms with Crippen molar-refractivity contribution < 1.29 is 27.1 Å². The highest BCUT2D eigenvalue weighted by molar-refractivity contribution is 7.89. The standard InChI is InChI=1S/C24H25FN2O5S/c1-31-22-13-8-19(14-23(22)32-2)15-26-24(28)17-27(16-18-6-4-3-5-7-18)33(29,30)21-11-9-20(25)10-12-21/h3-14H,15-17H2,1-2H3,(H,26,28). The van der Waals surface area contributed by atoms with Gasteiger partial charge < -0.3 is 14.8 Å². The molecule has 0 fully saturated rings. The van der Waals surface area contributed by atoms with Gasteiger partial charge in [-0.2, -0.15) is 4.31 Å². The molecule has 0 radical (unpaired) electrons. The van der Waals surface area contributed by atoms with Crippen LogP contribution >= 0.6 is 0 Å². The van der Waals surface area contributed by atoms with E-state index in [4.69, 9.17) is 9.47 Å². The summed E-state index contributed by atoms with van der Waals surface area (Å²) in [7, 11) is -0.999. The van der Waals surface area contributed by atoms with Crippen molar-refractivity contribution in [2.24, 2.45) is 0 Å². The molecule has 3 aromatic carbocycles. The molecular formula is C24H25FN2O5S. The second-order valence-corrected chi connectivity index (χ2v) is 9.12. The lowest BCUT2D eigenvalue weighted by atomic mass is 10.2. The summed E-state index contributed by atoms with van der Waals surface area (Å²) in [6.45, 7) is -0.235. The SMILES string of the molecule is COc1ccc(CNC(=O)CN(Cc2ccccc2)S(=O)(=O)c2ccc(F)cc2)cc1OC. The molecule has 0 aliphatic rings. The predicted octanol–water partition coefficient (Wildman–Crippen LogP) is 3.35. The summed E-state index contributed by atoms with van der Waals surface area (Å²) in [6.07, 6.45) is 0. The summed E-state index contributed by atoms with van der Waals surface area (Å²) in [6, 6.07) is 18.7. The Morgan fingerprint density at radius 2 is 1.58 bits per heavy atom. The average molecular weight is 473 g/mol. The third kappa shape index (κ3) is 6.30. The second-order valence-electron chi connectivity index (χ2n) is 7.18. The van der Waals surface area contributed by atoms with Crippen LogP contribution in [0, 0.1) is 5.82 Å². The predicted molar refractivity (Wildman–Crippen MR) is 122 cm³/mol. The van der Waals surface area contributed by atoms with Gasteiger partial charge in [0.1, 0.15) is 5.82 Å². The number of ether oxygens (including phenoxy) is 2. The number of sulfonamides is 1. The third-order valence-corrected chi connectivity index (χ3v) is 6.72. The van der Waals surface area contributed by atoms with Crippen molar-refractivity contribution in [3.05, 3.63) is 89.7 Å². The smallest absolute Gasteiger partial charge is 0.243 e. The van der Waals surface area contributed by atoms with Crippen LogP contribution in [0.15, 0.2) is 77.7 Å². The molecule has 0 aliphatic heterocycles. The Kier molecular flexibility index (Phi) is 8.02. The summed E-state index contributed by atoms with van der Waals surface area (Å²) in [5.74, 6) is 0.0588. The number of nitrogens with one attached hydrogen (secondary N) is 1. The van der Waals surface area contributed by atoms with Crippen molar-refractivity contribution in [1.29, 1.82) is 0 Å². The molecule has 0 aliphatic carbocycles. The molecule has 3 aromatic rings. The third-order valence-electron chi connectivity index (χ3n) is 4.91. The van der Waals surface area contributed by atoms with Gasteiger partial charge in [0.25, 0.3) is 0 Å². The molecule has 0 atom stereocenters. The van der Waals surface area contributed by atoms with Crippen molar-refractivity contribution in [1.82, 2.24) is 9.62 Å². The fraction of sp³-hybridized carbons (Fsp3) is 0.208. The van der Waals surface area contributed by atoms with Crippen molar-refractivity contribution >= 4 is 15.9 Å². The first-order valence-electron chi connectivity index (χ1n) is 10.1. The van der Waals surface area contributed by atoms with Crippen molar-refractivity contribution in [3.63, 3.8) is 0 Å². The lowest BCUT2D eigenvalue weighted by Gasteiger charge is -2.22. The Hall–Kier alpha value is -3.43. The topological polar surface area (TPSA) is 84.9 Å². The number of carbonyl (C=O) groups excluding carboxylic acids is 1. The van der Waals surface area contributed by atoms with Gasteiger partial charge >= 0.3 is 0 Å². The van der Waals surface area contributed by atoms with E-state index in [1.165, 1.54) is 26.4 Å². The van der Waals surface area contributed by atoms with Crippen LogP contribution in [-0.2, 0) is 27.9 Å². The van der Waals surface area contributed by atoms with E-state index in [1.54, 1.807) is 42.5 Å². The highest BCUT2D eigenvalue weighted by Gasteiger charge is 2.27. The van der Waals surface area contributed by atoms with Crippen LogP contribution in [-0.4, -0.2) is 39.4 Å². The molecule has 1 amide bonds. The Labute approximate surface area is 192 Å². The maximum Gasteiger partial charge on any atom is 0.243 e. The zero-order chi connectivity index (χ0) is 23.8. The number of amides is 1. The van der Waals surface area contributed by atoms with Gasteiger partial charge in [-0.05, 0) is 47.5 Å². The molecule has 33 heavy (non-hydrogen) atoms. The number of rotatable bonds is 10. The Balaban J connectivity index is 1.76. The summed E-state index contributed by atoms with van der Waals surface area (Å²) in [5.41, 5.74) is 1.48. The summed E-state index contributed by atoms with van der Waals surface area (Å²) in [5, 5.41) is 2.74. The Bertz CT molecular complexity index is 1190. The zero-order valence-electron chi connectivity index (χ0n) is 18.3. The first kappa shape index (κ1) is 24.2. The number of hydrogen-bond acceptors (Lipinski definition) is 5. The van der Waals surface area contributed by atoms with Crippen molar-refractivity contribution in [3.8, 4) is 11.5 Å². The van der Waals surface area contributed by atoms with Crippen LogP contribution in [0.2, 0.25) is 0 Å². The normalized spacial score (nSPS) is 11.3. The fourth-order valence-electron chi connectivity index (χ4n) is 3.18. The van der Waals surface area contributed by atoms with E-state index >= 15 is 0 Å². The number of methoxy groups -OCH3 is 2. The van der Waals surface area contributed by atoms with Gasteiger partial charge in [-0.1, -0.05) is 36.4 Å². The number of carbonyl (C=O) groups is 1. The molecule has 7 nitrogen and oxygen atoms in total. The van der Waals surface area contributed by atoms with E-state index in [9.17, 15) is 17.6 Å². The van der Waals surface area contributed by atoms with Crippen LogP contribution in [0.5, 0.6) is 11.5 Å². The molecule has 0 heterocycles. The molecule has 1 N–H and O–H groups in total. The van der Waals surface area contributed by atoms with Gasteiger partial charge in [-0.25, -0.2) is 12.8 Å². The van der Waals surface area contributed by atoms with Gasteiger partial charge in [0, 0.05) is 13.1 Å². The van der Waals surface area contributed by atoms with E-state index in [1.807, 2.05) is 6.07 Å². The number of halogens is 1. The quantitative estimate of drug-likeness (QED) is 0.489. The van der Waals surface area contributed by atoms with Crippen LogP contribution in [0.1, 0.15) is 11.1 Å². The number of hydrogen-bond donors (Lipinski definition) is 1. The van der Waals surface area contributed by atoms with E-state index < -0.39 is 28.3 Å². The summed E-state index contributed by atoms with van der Waals surface area (Å²) >= 11 is 0. The Morgan fingerprint density at radius 1 is 0.909 bits per heavy atom. The first-order valence-corrected chi connectivity index (χ1v) is 11.5. The van der Waals surface area contributed by atoms with Crippen LogP contribution in [0.3, 0.4) is 0 Å². The molecule has 0 saturated heterocycles. The van der Waals surface area contributed by atoms with Gasteiger partial charge in [-0.15, -0.1) is 0 Å². The molecule has 0 spiro atoms. The zero-order valence-corrected chi connectivity index (χ0v) is 19.1. The molecule has 174 valence electrons. The van der Waals surface area contributed by atoms with E-state index in [-0.39, 0.29) is 18.0 Å². The highest BCUT2D eigenvalue weighted by atomic mass is 32.2. The molecular weight excluding hydrogens is 447 g/mol. The van der Waals surface area contributed by atoms with Gasteiger partial charge in [-0.3, -0.25) is 4.79 Å². The monoisotopic (exact) mass is 472 g/mol. The minimum atomic E-state index is -4.04. The maximum absolute atomic E-state index is 13.3. The largest absolute Gasteiger partial charge is 0.493 e. The molecule has 0 saturated carbocycles. The van der Waals surface area contributed by atoms with Crippen LogP contribution in [0.4, 0.5) is 4.39 Å². The summed E-state index contributed by atoms with van der Waals surface area (Å²) in [4.78, 5) is 12.6. The van der Waals surface area contributed by atoms with Gasteiger partial charge in [0.05, 0.1) is 25.7 Å². The van der Waals surface area contributed by atoms with Crippen molar-refractivity contribution in [2.75, 3.05) is 20.8 Å². The maximum atomic E-state index is 13.3. The van der Waals surface area contributed by atoms with E-state index in [0.717, 1.165) is 27.6 Å². The average Bonchev–Trinajstić information content (AvgIpc) is 2.83. The van der Waals surface area contributed by atoms with Gasteiger partial charge in [0.2, 0.25) is 15.9 Å². The minimum absolute atomic E-state index is 0.00959. The lowest BCUT2D eigenvalue weighted by Crippen LogP contribution is -2.40. The fourth-order valence-corrected chi connectivity index (χ4v) is 4.56. The lowest BCUT2D eigenvalue weighted by molar-refractivity contribution is -0.121. The van der Waals surface area contributed by atoms with Crippen molar-refractivity contribution in [2.45, 2.75) is 18.0 Å². The van der Waals surface area contributed by atoms with Gasteiger partial charge in [0.15, 0.2) is 11.5 Å². The minimum Gasteiger partial charge on any atom is -0.493 e. The van der Waals surface area contributed by atoms with Crippen LogP contribution in [0.25, 0.3) is 0 Å². The molecule has 3 rings (SSSR count). The van der Waals surface area contributed by atoms with E-state index in [2.05, 4.69) is 5.32 Å². The highest BCUT2D eigenvalue weighted by Crippen LogP contribution is 2.27. The molecule has 9 heteroatoms.